The van der Waals surface area contributed by atoms with Crippen molar-refractivity contribution in [3.63, 3.8) is 0 Å². The van der Waals surface area contributed by atoms with Crippen molar-refractivity contribution in [1.82, 2.24) is 9.78 Å². The molecule has 1 heterocycles. The summed E-state index contributed by atoms with van der Waals surface area (Å²) in [6, 6.07) is 2.76. The van der Waals surface area contributed by atoms with E-state index in [0.717, 1.165) is 11.4 Å². The number of fused-ring (bicyclic) bond motifs is 1. The smallest absolute Gasteiger partial charge is 0.340 e. The van der Waals surface area contributed by atoms with Crippen molar-refractivity contribution >= 4 is 40.9 Å². The molecular weight excluding hydrogens is 392 g/mol. The first-order chi connectivity index (χ1) is 11.3. The van der Waals surface area contributed by atoms with Gasteiger partial charge in [-0.1, -0.05) is 19.6 Å². The summed E-state index contributed by atoms with van der Waals surface area (Å²) in [5.74, 6) is 0.194. The summed E-state index contributed by atoms with van der Waals surface area (Å²) < 4.78 is 18.3. The molecule has 0 radical (unpaired) electrons. The number of nitrogens with zero attached hydrogens (tertiary/aromatic N) is 2. The van der Waals surface area contributed by atoms with Gasteiger partial charge >= 0.3 is 5.97 Å². The number of hydrogen-bond donors (Lipinski definition) is 0. The van der Waals surface area contributed by atoms with E-state index in [0.29, 0.717) is 34.6 Å². The number of benzene rings is 1. The maximum atomic E-state index is 12.0. The van der Waals surface area contributed by atoms with E-state index in [-0.39, 0.29) is 0 Å². The van der Waals surface area contributed by atoms with Crippen LogP contribution in [0.1, 0.15) is 10.4 Å². The van der Waals surface area contributed by atoms with Gasteiger partial charge in [-0.3, -0.25) is 0 Å². The Morgan fingerprint density at radius 2 is 2.04 bits per heavy atom. The Balaban J connectivity index is 2.29. The molecule has 2 rings (SSSR count). The highest BCUT2D eigenvalue weighted by Gasteiger charge is 2.20. The first-order valence-corrected chi connectivity index (χ1v) is 12.2. The van der Waals surface area contributed by atoms with Crippen LogP contribution in [-0.2, 0) is 16.2 Å². The zero-order chi connectivity index (χ0) is 17.9. The van der Waals surface area contributed by atoms with Crippen LogP contribution in [0, 0.1) is 0 Å². The normalized spacial score (nSPS) is 11.8. The molecular formula is C16H23BrN2O4Si. The number of esters is 1. The van der Waals surface area contributed by atoms with Gasteiger partial charge in [0.2, 0.25) is 0 Å². The van der Waals surface area contributed by atoms with Crippen molar-refractivity contribution in [1.29, 1.82) is 0 Å². The van der Waals surface area contributed by atoms with Crippen LogP contribution in [0.25, 0.3) is 10.9 Å². The Labute approximate surface area is 151 Å². The van der Waals surface area contributed by atoms with Crippen molar-refractivity contribution in [2.45, 2.75) is 32.4 Å². The van der Waals surface area contributed by atoms with E-state index >= 15 is 0 Å². The van der Waals surface area contributed by atoms with Crippen LogP contribution < -0.4 is 4.74 Å². The number of ether oxygens (including phenoxy) is 3. The van der Waals surface area contributed by atoms with Gasteiger partial charge in [0.05, 0.1) is 29.6 Å². The van der Waals surface area contributed by atoms with Crippen molar-refractivity contribution in [3.8, 4) is 5.75 Å². The van der Waals surface area contributed by atoms with Crippen LogP contribution in [0.4, 0.5) is 0 Å². The first-order valence-electron chi connectivity index (χ1n) is 7.66. The van der Waals surface area contributed by atoms with Gasteiger partial charge < -0.3 is 14.2 Å². The Morgan fingerprint density at radius 1 is 1.33 bits per heavy atom. The van der Waals surface area contributed by atoms with Crippen LogP contribution in [0.2, 0.25) is 25.7 Å². The lowest BCUT2D eigenvalue weighted by Gasteiger charge is -2.15. The third-order valence-electron chi connectivity index (χ3n) is 3.58. The summed E-state index contributed by atoms with van der Waals surface area (Å²) in [6.07, 6.45) is 1.82. The van der Waals surface area contributed by atoms with Crippen molar-refractivity contribution < 1.29 is 19.0 Å². The SMILES string of the molecule is COC(=O)c1cc(Br)c(OC)c2cn(COCC[Si](C)(C)C)nc12. The van der Waals surface area contributed by atoms with Crippen LogP contribution in [0.3, 0.4) is 0 Å². The molecule has 0 N–H and O–H groups in total. The Morgan fingerprint density at radius 3 is 2.62 bits per heavy atom. The fourth-order valence-electron chi connectivity index (χ4n) is 2.25. The van der Waals surface area contributed by atoms with Crippen molar-refractivity contribution in [2.24, 2.45) is 0 Å². The highest BCUT2D eigenvalue weighted by atomic mass is 79.9. The standard InChI is InChI=1S/C16H23BrN2O4Si/c1-21-15-12-9-19(10-23-6-7-24(3,4)5)18-14(12)11(8-13(15)17)16(20)22-2/h8-9H,6-7,10H2,1-5H3. The molecule has 8 heteroatoms. The lowest BCUT2D eigenvalue weighted by Crippen LogP contribution is -2.22. The first kappa shape index (κ1) is 18.9. The Hall–Kier alpha value is -1.38. The van der Waals surface area contributed by atoms with Crippen LogP contribution >= 0.6 is 15.9 Å². The minimum atomic E-state index is -1.12. The topological polar surface area (TPSA) is 62.6 Å². The highest BCUT2D eigenvalue weighted by Crippen LogP contribution is 2.35. The zero-order valence-corrected chi connectivity index (χ0v) is 17.3. The summed E-state index contributed by atoms with van der Waals surface area (Å²) in [4.78, 5) is 12.0. The van der Waals surface area contributed by atoms with Gasteiger partial charge in [0.1, 0.15) is 18.0 Å². The average Bonchev–Trinajstić information content (AvgIpc) is 2.93. The lowest BCUT2D eigenvalue weighted by molar-refractivity contribution is 0.0602. The zero-order valence-electron chi connectivity index (χ0n) is 14.7. The molecule has 6 nitrogen and oxygen atoms in total. The largest absolute Gasteiger partial charge is 0.495 e. The quantitative estimate of drug-likeness (QED) is 0.390. The third kappa shape index (κ3) is 4.37. The molecule has 1 aromatic carbocycles. The van der Waals surface area contributed by atoms with E-state index in [1.807, 2.05) is 6.20 Å². The van der Waals surface area contributed by atoms with Gasteiger partial charge in [-0.2, -0.15) is 5.10 Å². The summed E-state index contributed by atoms with van der Waals surface area (Å²) >= 11 is 3.42. The molecule has 2 aromatic rings. The molecule has 0 saturated heterocycles. The van der Waals surface area contributed by atoms with Gasteiger partial charge in [-0.05, 0) is 28.0 Å². The molecule has 0 unspecified atom stereocenters. The summed E-state index contributed by atoms with van der Waals surface area (Å²) in [6.45, 7) is 7.97. The summed E-state index contributed by atoms with van der Waals surface area (Å²) in [5, 5.41) is 5.20. The van der Waals surface area contributed by atoms with Crippen LogP contribution in [-0.4, -0.2) is 44.7 Å². The molecule has 0 aliphatic rings. The number of halogens is 1. The number of methoxy groups -OCH3 is 2. The predicted octanol–water partition coefficient (Wildman–Crippen LogP) is 3.91. The van der Waals surface area contributed by atoms with Crippen LogP contribution in [0.5, 0.6) is 5.75 Å². The van der Waals surface area contributed by atoms with E-state index in [1.54, 1.807) is 17.9 Å². The number of rotatable bonds is 7. The molecule has 0 bridgehead atoms. The fourth-order valence-corrected chi connectivity index (χ4v) is 3.61. The molecule has 0 aliphatic carbocycles. The number of aromatic nitrogens is 2. The van der Waals surface area contributed by atoms with Crippen LogP contribution in [0.15, 0.2) is 16.7 Å². The third-order valence-corrected chi connectivity index (χ3v) is 5.87. The number of hydrogen-bond acceptors (Lipinski definition) is 5. The molecule has 0 spiro atoms. The maximum Gasteiger partial charge on any atom is 0.340 e. The molecule has 0 atom stereocenters. The van der Waals surface area contributed by atoms with E-state index in [1.165, 1.54) is 7.11 Å². The molecule has 1 aromatic heterocycles. The van der Waals surface area contributed by atoms with Gasteiger partial charge in [-0.25, -0.2) is 9.48 Å². The average molecular weight is 415 g/mol. The monoisotopic (exact) mass is 414 g/mol. The van der Waals surface area contributed by atoms with E-state index in [9.17, 15) is 4.79 Å². The van der Waals surface area contributed by atoms with E-state index < -0.39 is 14.0 Å². The number of carbonyl (C=O) groups is 1. The van der Waals surface area contributed by atoms with Gasteiger partial charge in [0.25, 0.3) is 0 Å². The van der Waals surface area contributed by atoms with Crippen molar-refractivity contribution in [2.75, 3.05) is 20.8 Å². The van der Waals surface area contributed by atoms with E-state index in [2.05, 4.69) is 40.7 Å². The van der Waals surface area contributed by atoms with Gasteiger partial charge in [0.15, 0.2) is 0 Å². The van der Waals surface area contributed by atoms with E-state index in [4.69, 9.17) is 14.2 Å². The molecule has 24 heavy (non-hydrogen) atoms. The van der Waals surface area contributed by atoms with Gasteiger partial charge in [0, 0.05) is 20.9 Å². The Kier molecular flexibility index (Phi) is 6.05. The second-order valence-electron chi connectivity index (χ2n) is 6.71. The summed E-state index contributed by atoms with van der Waals surface area (Å²) in [7, 11) is 1.81. The highest BCUT2D eigenvalue weighted by molar-refractivity contribution is 9.10. The minimum Gasteiger partial charge on any atom is -0.495 e. The molecule has 0 aliphatic heterocycles. The molecule has 0 saturated carbocycles. The fraction of sp³-hybridized carbons (Fsp3) is 0.500. The molecule has 132 valence electrons. The lowest BCUT2D eigenvalue weighted by atomic mass is 10.1. The minimum absolute atomic E-state index is 0.334. The van der Waals surface area contributed by atoms with Gasteiger partial charge in [-0.15, -0.1) is 0 Å². The number of carbonyl (C=O) groups excluding carboxylic acids is 1. The van der Waals surface area contributed by atoms with Crippen molar-refractivity contribution in [3.05, 3.63) is 22.3 Å². The second kappa shape index (κ2) is 7.67. The molecule has 0 amide bonds. The maximum absolute atomic E-state index is 12.0. The summed E-state index contributed by atoms with van der Waals surface area (Å²) in [5.41, 5.74) is 0.928. The predicted molar refractivity (Wildman–Crippen MR) is 99.4 cm³/mol. The Bertz CT molecular complexity index is 740. The molecule has 0 fully saturated rings. The second-order valence-corrected chi connectivity index (χ2v) is 13.2.